The van der Waals surface area contributed by atoms with Crippen molar-refractivity contribution >= 4 is 26.4 Å². The lowest BCUT2D eigenvalue weighted by molar-refractivity contribution is 0.445. The maximum Gasteiger partial charge on any atom is 0.175 e. The Kier molecular flexibility index (Phi) is 3.53. The van der Waals surface area contributed by atoms with Gasteiger partial charge in [-0.15, -0.1) is 0 Å². The SMILES string of the molecule is CN1C=C(c2cc(S(C)(=O)=O)cc3cc(C4CC4)oc23)c2ccccc2C1. The Morgan fingerprint density at radius 2 is 1.85 bits per heavy atom. The van der Waals surface area contributed by atoms with E-state index in [1.807, 2.05) is 25.2 Å². The van der Waals surface area contributed by atoms with Crippen molar-refractivity contribution in [2.75, 3.05) is 13.3 Å². The van der Waals surface area contributed by atoms with Gasteiger partial charge in [0.2, 0.25) is 0 Å². The maximum atomic E-state index is 12.3. The Balaban J connectivity index is 1.81. The van der Waals surface area contributed by atoms with E-state index in [0.29, 0.717) is 10.8 Å². The van der Waals surface area contributed by atoms with Crippen LogP contribution in [0.1, 0.15) is 41.2 Å². The number of hydrogen-bond donors (Lipinski definition) is 0. The summed E-state index contributed by atoms with van der Waals surface area (Å²) >= 11 is 0. The van der Waals surface area contributed by atoms with Crippen LogP contribution >= 0.6 is 0 Å². The molecular formula is C22H21NO3S. The van der Waals surface area contributed by atoms with E-state index >= 15 is 0 Å². The second-order valence-electron chi connectivity index (χ2n) is 7.70. The van der Waals surface area contributed by atoms with Crippen LogP contribution in [0.5, 0.6) is 0 Å². The standard InChI is InChI=1S/C22H21NO3S/c1-23-12-15-5-3-4-6-18(15)20(13-23)19-11-17(27(2,24)25)9-16-10-21(14-7-8-14)26-22(16)19/h3-6,9-11,13-14H,7-8,12H2,1-2H3. The van der Waals surface area contributed by atoms with Crippen molar-refractivity contribution in [2.45, 2.75) is 30.2 Å². The van der Waals surface area contributed by atoms with Gasteiger partial charge >= 0.3 is 0 Å². The van der Waals surface area contributed by atoms with E-state index in [2.05, 4.69) is 23.2 Å². The fraction of sp³-hybridized carbons (Fsp3) is 0.273. The van der Waals surface area contributed by atoms with Gasteiger partial charge in [-0.25, -0.2) is 8.42 Å². The Morgan fingerprint density at radius 1 is 1.07 bits per heavy atom. The molecule has 1 aliphatic carbocycles. The first-order valence-electron chi connectivity index (χ1n) is 9.18. The summed E-state index contributed by atoms with van der Waals surface area (Å²) in [4.78, 5) is 2.46. The molecule has 1 saturated carbocycles. The van der Waals surface area contributed by atoms with Gasteiger partial charge in [0.05, 0.1) is 4.90 Å². The first-order valence-corrected chi connectivity index (χ1v) is 11.1. The highest BCUT2D eigenvalue weighted by Crippen LogP contribution is 2.44. The minimum Gasteiger partial charge on any atom is -0.460 e. The largest absolute Gasteiger partial charge is 0.460 e. The molecule has 2 aliphatic rings. The number of benzene rings is 2. The first kappa shape index (κ1) is 16.6. The highest BCUT2D eigenvalue weighted by atomic mass is 32.2. The molecule has 0 amide bonds. The highest BCUT2D eigenvalue weighted by molar-refractivity contribution is 7.90. The van der Waals surface area contributed by atoms with Crippen molar-refractivity contribution < 1.29 is 12.8 Å². The molecule has 2 aromatic carbocycles. The molecular weight excluding hydrogens is 358 g/mol. The van der Waals surface area contributed by atoms with Gasteiger partial charge in [-0.3, -0.25) is 0 Å². The van der Waals surface area contributed by atoms with Crippen LogP contribution in [-0.2, 0) is 16.4 Å². The number of furan rings is 1. The molecule has 0 radical (unpaired) electrons. The molecule has 0 atom stereocenters. The summed E-state index contributed by atoms with van der Waals surface area (Å²) in [6.45, 7) is 0.833. The fourth-order valence-corrected chi connectivity index (χ4v) is 4.54. The number of hydrogen-bond acceptors (Lipinski definition) is 4. The van der Waals surface area contributed by atoms with E-state index in [9.17, 15) is 8.42 Å². The zero-order valence-corrected chi connectivity index (χ0v) is 16.2. The van der Waals surface area contributed by atoms with Gasteiger partial charge in [-0.2, -0.15) is 0 Å². The molecule has 2 heterocycles. The minimum atomic E-state index is -3.32. The number of sulfone groups is 1. The lowest BCUT2D eigenvalue weighted by atomic mass is 9.91. The van der Waals surface area contributed by atoms with Crippen molar-refractivity contribution in [3.63, 3.8) is 0 Å². The van der Waals surface area contributed by atoms with E-state index in [-0.39, 0.29) is 0 Å². The van der Waals surface area contributed by atoms with Crippen LogP contribution in [0.4, 0.5) is 0 Å². The van der Waals surface area contributed by atoms with E-state index in [1.165, 1.54) is 11.8 Å². The molecule has 0 unspecified atom stereocenters. The van der Waals surface area contributed by atoms with Gasteiger partial charge in [-0.1, -0.05) is 24.3 Å². The summed E-state index contributed by atoms with van der Waals surface area (Å²) in [7, 11) is -1.29. The Morgan fingerprint density at radius 3 is 2.59 bits per heavy atom. The lowest BCUT2D eigenvalue weighted by Gasteiger charge is -2.26. The predicted molar refractivity (Wildman–Crippen MR) is 106 cm³/mol. The van der Waals surface area contributed by atoms with Gasteiger partial charge in [0.1, 0.15) is 11.3 Å². The average molecular weight is 379 g/mol. The maximum absolute atomic E-state index is 12.3. The van der Waals surface area contributed by atoms with Crippen LogP contribution in [0, 0.1) is 0 Å². The van der Waals surface area contributed by atoms with Crippen LogP contribution in [0.25, 0.3) is 16.5 Å². The summed E-state index contributed by atoms with van der Waals surface area (Å²) in [5, 5.41) is 0.862. The normalized spacial score (nSPS) is 17.1. The van der Waals surface area contributed by atoms with Crippen molar-refractivity contribution in [2.24, 2.45) is 0 Å². The van der Waals surface area contributed by atoms with Crippen molar-refractivity contribution in [1.29, 1.82) is 0 Å². The molecule has 138 valence electrons. The Labute approximate surface area is 159 Å². The third kappa shape index (κ3) is 2.86. The highest BCUT2D eigenvalue weighted by Gasteiger charge is 2.29. The van der Waals surface area contributed by atoms with Gasteiger partial charge in [-0.05, 0) is 42.2 Å². The summed E-state index contributed by atoms with van der Waals surface area (Å²) in [6.07, 6.45) is 5.63. The Hall–Kier alpha value is -2.53. The van der Waals surface area contributed by atoms with Crippen LogP contribution in [0.3, 0.4) is 0 Å². The second-order valence-corrected chi connectivity index (χ2v) is 9.72. The summed E-state index contributed by atoms with van der Waals surface area (Å²) in [5.74, 6) is 1.44. The molecule has 1 aromatic heterocycles. The number of nitrogens with zero attached hydrogens (tertiary/aromatic N) is 1. The minimum absolute atomic E-state index is 0.333. The average Bonchev–Trinajstić information content (AvgIpc) is 3.38. The smallest absolute Gasteiger partial charge is 0.175 e. The van der Waals surface area contributed by atoms with E-state index in [4.69, 9.17) is 4.42 Å². The van der Waals surface area contributed by atoms with Crippen LogP contribution in [0.2, 0.25) is 0 Å². The van der Waals surface area contributed by atoms with Crippen molar-refractivity contribution in [3.8, 4) is 0 Å². The van der Waals surface area contributed by atoms with Gasteiger partial charge in [0.15, 0.2) is 9.84 Å². The zero-order valence-electron chi connectivity index (χ0n) is 15.4. The molecule has 27 heavy (non-hydrogen) atoms. The molecule has 5 heteroatoms. The molecule has 0 bridgehead atoms. The number of fused-ring (bicyclic) bond motifs is 2. The van der Waals surface area contributed by atoms with Gasteiger partial charge in [0, 0.05) is 48.5 Å². The molecule has 4 nitrogen and oxygen atoms in total. The fourth-order valence-electron chi connectivity index (χ4n) is 3.87. The molecule has 1 fully saturated rings. The molecule has 0 N–H and O–H groups in total. The van der Waals surface area contributed by atoms with Crippen molar-refractivity contribution in [1.82, 2.24) is 4.90 Å². The summed E-state index contributed by atoms with van der Waals surface area (Å²) < 4.78 is 30.9. The molecule has 0 spiro atoms. The molecule has 0 saturated heterocycles. The second kappa shape index (κ2) is 5.73. The van der Waals surface area contributed by atoms with E-state index in [1.54, 1.807) is 12.1 Å². The predicted octanol–water partition coefficient (Wildman–Crippen LogP) is 4.55. The molecule has 5 rings (SSSR count). The van der Waals surface area contributed by atoms with E-state index in [0.717, 1.165) is 52.8 Å². The van der Waals surface area contributed by atoms with Crippen LogP contribution < -0.4 is 0 Å². The topological polar surface area (TPSA) is 50.5 Å². The molecule has 3 aromatic rings. The quantitative estimate of drug-likeness (QED) is 0.670. The Bertz CT molecular complexity index is 1200. The van der Waals surface area contributed by atoms with Crippen LogP contribution in [0.15, 0.2) is 58.0 Å². The third-order valence-corrected chi connectivity index (χ3v) is 6.48. The summed E-state index contributed by atoms with van der Waals surface area (Å²) in [6, 6.07) is 13.8. The molecule has 1 aliphatic heterocycles. The first-order chi connectivity index (χ1) is 12.9. The van der Waals surface area contributed by atoms with Crippen LogP contribution in [-0.4, -0.2) is 26.6 Å². The monoisotopic (exact) mass is 379 g/mol. The third-order valence-electron chi connectivity index (χ3n) is 5.38. The lowest BCUT2D eigenvalue weighted by Crippen LogP contribution is -2.17. The zero-order chi connectivity index (χ0) is 18.8. The van der Waals surface area contributed by atoms with E-state index < -0.39 is 9.84 Å². The van der Waals surface area contributed by atoms with Gasteiger partial charge in [0.25, 0.3) is 0 Å². The van der Waals surface area contributed by atoms with Crippen molar-refractivity contribution in [3.05, 3.63) is 71.1 Å². The number of rotatable bonds is 3. The van der Waals surface area contributed by atoms with Gasteiger partial charge < -0.3 is 9.32 Å². The summed E-state index contributed by atoms with van der Waals surface area (Å²) in [5.41, 5.74) is 4.99.